The van der Waals surface area contributed by atoms with E-state index in [1.165, 1.54) is 18.9 Å². The minimum Gasteiger partial charge on any atom is -0.481 e. The van der Waals surface area contributed by atoms with Crippen LogP contribution in [0.2, 0.25) is 0 Å². The fourth-order valence-corrected chi connectivity index (χ4v) is 5.36. The summed E-state index contributed by atoms with van der Waals surface area (Å²) in [5, 5.41) is 8.99. The van der Waals surface area contributed by atoms with Gasteiger partial charge in [-0.1, -0.05) is 44.8 Å². The summed E-state index contributed by atoms with van der Waals surface area (Å²) in [5.41, 5.74) is -0.521. The predicted molar refractivity (Wildman–Crippen MR) is 94.0 cm³/mol. The van der Waals surface area contributed by atoms with E-state index >= 15 is 0 Å². The molecule has 0 aromatic carbocycles. The number of aliphatic carboxylic acids is 1. The van der Waals surface area contributed by atoms with E-state index in [9.17, 15) is 9.59 Å². The van der Waals surface area contributed by atoms with Crippen LogP contribution in [0.5, 0.6) is 0 Å². The Kier molecular flexibility index (Phi) is 8.89. The van der Waals surface area contributed by atoms with Gasteiger partial charge in [0.05, 0.1) is 13.5 Å². The van der Waals surface area contributed by atoms with E-state index in [-0.39, 0.29) is 12.4 Å². The molecule has 21 heavy (non-hydrogen) atoms. The molecule has 0 aromatic rings. The third-order valence-corrected chi connectivity index (χ3v) is 5.78. The second kappa shape index (κ2) is 9.00. The molecule has 0 heterocycles. The molecule has 4 nitrogen and oxygen atoms in total. The highest BCUT2D eigenvalue weighted by Gasteiger charge is 2.42. The molecular formula is C14H24O4S3. The van der Waals surface area contributed by atoms with Crippen LogP contribution in [0.25, 0.3) is 0 Å². The summed E-state index contributed by atoms with van der Waals surface area (Å²) in [7, 11) is 1.34. The molecule has 0 fully saturated rings. The van der Waals surface area contributed by atoms with Crippen molar-refractivity contribution in [1.82, 2.24) is 0 Å². The lowest BCUT2D eigenvalue weighted by molar-refractivity contribution is -0.145. The number of methoxy groups -OCH3 is 1. The highest BCUT2D eigenvalue weighted by Crippen LogP contribution is 2.42. The number of hydrogen-bond acceptors (Lipinski definition) is 6. The van der Waals surface area contributed by atoms with Gasteiger partial charge in [-0.15, -0.1) is 11.8 Å². The Hall–Kier alpha value is -0.270. The predicted octanol–water partition coefficient (Wildman–Crippen LogP) is 3.97. The van der Waals surface area contributed by atoms with Gasteiger partial charge < -0.3 is 9.84 Å². The first-order valence-electron chi connectivity index (χ1n) is 6.72. The Labute approximate surface area is 140 Å². The summed E-state index contributed by atoms with van der Waals surface area (Å²) in [6, 6.07) is 0. The van der Waals surface area contributed by atoms with Crippen molar-refractivity contribution < 1.29 is 19.4 Å². The number of rotatable bonds is 8. The Morgan fingerprint density at radius 2 is 1.86 bits per heavy atom. The lowest BCUT2D eigenvalue weighted by atomic mass is 9.80. The summed E-state index contributed by atoms with van der Waals surface area (Å²) in [5.74, 6) is -0.340. The first-order valence-corrected chi connectivity index (χ1v) is 8.93. The van der Waals surface area contributed by atoms with Crippen molar-refractivity contribution in [2.24, 2.45) is 5.41 Å². The third-order valence-electron chi connectivity index (χ3n) is 2.80. The first-order chi connectivity index (χ1) is 9.56. The van der Waals surface area contributed by atoms with E-state index in [4.69, 9.17) is 22.1 Å². The molecule has 0 aliphatic carbocycles. The monoisotopic (exact) mass is 352 g/mol. The van der Waals surface area contributed by atoms with Crippen LogP contribution in [0.3, 0.4) is 0 Å². The van der Waals surface area contributed by atoms with Crippen molar-refractivity contribution in [3.8, 4) is 0 Å². The quantitative estimate of drug-likeness (QED) is 0.524. The smallest absolute Gasteiger partial charge is 0.322 e. The number of thiocarbonyl (C=S) groups is 1. The molecule has 0 aliphatic heterocycles. The molecule has 1 atom stereocenters. The molecule has 1 unspecified atom stereocenters. The Bertz CT molecular complexity index is 396. The van der Waals surface area contributed by atoms with E-state index < -0.39 is 16.1 Å². The third kappa shape index (κ3) is 8.07. The number of thioether (sulfide) groups is 2. The normalized spacial score (nSPS) is 14.3. The Morgan fingerprint density at radius 3 is 2.29 bits per heavy atom. The molecule has 122 valence electrons. The molecule has 0 spiro atoms. The van der Waals surface area contributed by atoms with Crippen molar-refractivity contribution in [2.45, 2.75) is 51.7 Å². The minimum absolute atomic E-state index is 0.00495. The van der Waals surface area contributed by atoms with Crippen molar-refractivity contribution in [2.75, 3.05) is 12.9 Å². The van der Waals surface area contributed by atoms with Crippen molar-refractivity contribution >= 4 is 51.2 Å². The highest BCUT2D eigenvalue weighted by atomic mass is 32.2. The molecule has 1 N–H and O–H groups in total. The van der Waals surface area contributed by atoms with Crippen LogP contribution in [-0.4, -0.2) is 38.2 Å². The van der Waals surface area contributed by atoms with Gasteiger partial charge in [0, 0.05) is 0 Å². The van der Waals surface area contributed by atoms with Crippen LogP contribution in [0.15, 0.2) is 0 Å². The minimum atomic E-state index is -0.875. The van der Waals surface area contributed by atoms with Gasteiger partial charge in [-0.05, 0) is 30.9 Å². The van der Waals surface area contributed by atoms with Gasteiger partial charge in [0.1, 0.15) is 8.28 Å². The van der Waals surface area contributed by atoms with E-state index in [1.54, 1.807) is 18.7 Å². The number of carbonyl (C=O) groups is 2. The Morgan fingerprint density at radius 1 is 1.29 bits per heavy atom. The van der Waals surface area contributed by atoms with E-state index in [2.05, 4.69) is 6.92 Å². The van der Waals surface area contributed by atoms with E-state index in [0.717, 1.165) is 12.2 Å². The average molecular weight is 353 g/mol. The van der Waals surface area contributed by atoms with Crippen LogP contribution in [-0.2, 0) is 14.3 Å². The van der Waals surface area contributed by atoms with Crippen LogP contribution < -0.4 is 0 Å². The average Bonchev–Trinajstić information content (AvgIpc) is 2.32. The number of ether oxygens (including phenoxy) is 1. The van der Waals surface area contributed by atoms with Gasteiger partial charge in [-0.2, -0.15) is 0 Å². The molecule has 0 rings (SSSR count). The number of carboxylic acids is 1. The van der Waals surface area contributed by atoms with E-state index in [1.807, 2.05) is 13.8 Å². The molecule has 0 radical (unpaired) electrons. The van der Waals surface area contributed by atoms with Gasteiger partial charge in [0.15, 0.2) is 0 Å². The summed E-state index contributed by atoms with van der Waals surface area (Å²) in [4.78, 5) is 23.1. The van der Waals surface area contributed by atoms with E-state index in [0.29, 0.717) is 9.95 Å². The standard InChI is InChI=1S/C14H24O4S3/c1-6-7-20-12(19)21-14(4,11(17)18-5)9-13(2,3)8-10(15)16/h6-9H2,1-5H3,(H,15,16). The Balaban J connectivity index is 5.04. The first kappa shape index (κ1) is 20.7. The molecule has 0 saturated carbocycles. The van der Waals surface area contributed by atoms with Gasteiger partial charge in [-0.25, -0.2) is 0 Å². The van der Waals surface area contributed by atoms with Crippen molar-refractivity contribution in [3.63, 3.8) is 0 Å². The number of hydrogen-bond donors (Lipinski definition) is 1. The topological polar surface area (TPSA) is 63.6 Å². The molecule has 0 aromatic heterocycles. The van der Waals surface area contributed by atoms with Crippen molar-refractivity contribution in [3.05, 3.63) is 0 Å². The highest BCUT2D eigenvalue weighted by molar-refractivity contribution is 8.47. The lowest BCUT2D eigenvalue weighted by Crippen LogP contribution is -2.39. The largest absolute Gasteiger partial charge is 0.481 e. The summed E-state index contributed by atoms with van der Waals surface area (Å²) >= 11 is 8.16. The summed E-state index contributed by atoms with van der Waals surface area (Å²) < 4.78 is 4.72. The fourth-order valence-electron chi connectivity index (χ4n) is 2.15. The molecule has 0 aliphatic rings. The fraction of sp³-hybridized carbons (Fsp3) is 0.786. The lowest BCUT2D eigenvalue weighted by Gasteiger charge is -2.34. The maximum absolute atomic E-state index is 12.1. The second-order valence-electron chi connectivity index (χ2n) is 5.83. The van der Waals surface area contributed by atoms with Gasteiger partial charge >= 0.3 is 11.9 Å². The molecule has 0 saturated heterocycles. The maximum Gasteiger partial charge on any atom is 0.322 e. The number of carbonyl (C=O) groups excluding carboxylic acids is 1. The molecule has 7 heteroatoms. The number of carboxylic acid groups (broad SMARTS) is 1. The maximum atomic E-state index is 12.1. The van der Waals surface area contributed by atoms with Gasteiger partial charge in [0.2, 0.25) is 0 Å². The van der Waals surface area contributed by atoms with Gasteiger partial charge in [-0.3, -0.25) is 9.59 Å². The second-order valence-corrected chi connectivity index (χ2v) is 9.64. The number of esters is 1. The van der Waals surface area contributed by atoms with Crippen LogP contribution >= 0.6 is 35.7 Å². The van der Waals surface area contributed by atoms with Crippen LogP contribution in [0, 0.1) is 5.41 Å². The van der Waals surface area contributed by atoms with Crippen LogP contribution in [0.1, 0.15) is 47.0 Å². The zero-order chi connectivity index (χ0) is 16.7. The summed E-state index contributed by atoms with van der Waals surface area (Å²) in [6.45, 7) is 7.51. The van der Waals surface area contributed by atoms with Crippen LogP contribution in [0.4, 0.5) is 0 Å². The molecular weight excluding hydrogens is 328 g/mol. The molecule has 0 bridgehead atoms. The zero-order valence-corrected chi connectivity index (χ0v) is 15.7. The van der Waals surface area contributed by atoms with Crippen molar-refractivity contribution in [1.29, 1.82) is 0 Å². The van der Waals surface area contributed by atoms with Gasteiger partial charge in [0.25, 0.3) is 0 Å². The zero-order valence-electron chi connectivity index (χ0n) is 13.2. The summed E-state index contributed by atoms with van der Waals surface area (Å²) in [6.07, 6.45) is 1.39. The molecule has 0 amide bonds. The SMILES string of the molecule is CCCSC(=S)SC(C)(CC(C)(C)CC(=O)O)C(=O)OC.